The van der Waals surface area contributed by atoms with E-state index in [4.69, 9.17) is 9.57 Å². The van der Waals surface area contributed by atoms with Crippen molar-refractivity contribution < 1.29 is 14.4 Å². The summed E-state index contributed by atoms with van der Waals surface area (Å²) in [5.74, 6) is -0.217. The van der Waals surface area contributed by atoms with Gasteiger partial charge in [0.05, 0.1) is 6.61 Å². The van der Waals surface area contributed by atoms with Crippen LogP contribution in [0.5, 0.6) is 0 Å². The monoisotopic (exact) mass is 211 g/mol. The zero-order chi connectivity index (χ0) is 10.5. The van der Waals surface area contributed by atoms with Crippen molar-refractivity contribution in [3.63, 3.8) is 0 Å². The average Bonchev–Trinajstić information content (AvgIpc) is 2.86. The number of hydrogen-bond donors (Lipinski definition) is 1. The van der Waals surface area contributed by atoms with E-state index in [0.717, 1.165) is 6.42 Å². The summed E-state index contributed by atoms with van der Waals surface area (Å²) in [6.07, 6.45) is 4.14. The van der Waals surface area contributed by atoms with Crippen molar-refractivity contribution in [1.82, 2.24) is 15.3 Å². The molecular weight excluding hydrogens is 198 g/mol. The van der Waals surface area contributed by atoms with E-state index in [1.54, 1.807) is 18.5 Å². The van der Waals surface area contributed by atoms with Gasteiger partial charge in [-0.3, -0.25) is 14.3 Å². The van der Waals surface area contributed by atoms with Crippen LogP contribution in [0.25, 0.3) is 0 Å². The maximum atomic E-state index is 11.3. The Morgan fingerprint density at radius 2 is 2.67 bits per heavy atom. The summed E-state index contributed by atoms with van der Waals surface area (Å²) < 4.78 is 6.63. The van der Waals surface area contributed by atoms with Gasteiger partial charge in [0.25, 0.3) is 5.91 Å². The van der Waals surface area contributed by atoms with Crippen LogP contribution in [0.4, 0.5) is 0 Å². The molecule has 0 spiro atoms. The molecule has 1 aromatic rings. The third kappa shape index (κ3) is 3.03. The highest BCUT2D eigenvalue weighted by atomic mass is 16.7. The van der Waals surface area contributed by atoms with Crippen molar-refractivity contribution in [2.75, 3.05) is 13.2 Å². The predicted molar refractivity (Wildman–Crippen MR) is 50.7 cm³/mol. The van der Waals surface area contributed by atoms with Crippen LogP contribution >= 0.6 is 0 Å². The molecule has 0 aromatic carbocycles. The molecule has 82 valence electrons. The molecule has 2 heterocycles. The fourth-order valence-corrected chi connectivity index (χ4v) is 1.33. The van der Waals surface area contributed by atoms with Crippen molar-refractivity contribution in [1.29, 1.82) is 0 Å². The first-order valence-corrected chi connectivity index (χ1v) is 4.84. The molecule has 0 aliphatic carbocycles. The van der Waals surface area contributed by atoms with Gasteiger partial charge in [-0.05, 0) is 6.07 Å². The number of ether oxygens (including phenoxy) is 1. The number of nitrogens with zero attached hydrogens (tertiary/aromatic N) is 2. The molecule has 6 nitrogen and oxygen atoms in total. The van der Waals surface area contributed by atoms with Crippen molar-refractivity contribution in [2.45, 2.75) is 19.1 Å². The number of hydrogen-bond acceptors (Lipinski definition) is 4. The van der Waals surface area contributed by atoms with Gasteiger partial charge in [0.1, 0.15) is 12.6 Å². The van der Waals surface area contributed by atoms with Gasteiger partial charge in [-0.25, -0.2) is 5.48 Å². The number of nitrogens with one attached hydrogen (secondary N) is 1. The van der Waals surface area contributed by atoms with Crippen molar-refractivity contribution >= 4 is 5.91 Å². The second-order valence-electron chi connectivity index (χ2n) is 3.33. The van der Waals surface area contributed by atoms with Crippen molar-refractivity contribution in [3.05, 3.63) is 18.5 Å². The lowest BCUT2D eigenvalue weighted by atomic mass is 10.3. The zero-order valence-corrected chi connectivity index (χ0v) is 8.26. The Morgan fingerprint density at radius 1 is 1.73 bits per heavy atom. The molecule has 1 aliphatic rings. The average molecular weight is 211 g/mol. The minimum absolute atomic E-state index is 0.0217. The van der Waals surface area contributed by atoms with Gasteiger partial charge in [0.15, 0.2) is 0 Å². The molecule has 2 rings (SSSR count). The van der Waals surface area contributed by atoms with E-state index >= 15 is 0 Å². The molecular formula is C9H13N3O3. The van der Waals surface area contributed by atoms with E-state index in [-0.39, 0.29) is 18.6 Å². The molecule has 1 saturated heterocycles. The molecule has 1 amide bonds. The largest absolute Gasteiger partial charge is 0.379 e. The molecule has 0 bridgehead atoms. The second-order valence-corrected chi connectivity index (χ2v) is 3.33. The predicted octanol–water partition coefficient (Wildman–Crippen LogP) is -0.280. The smallest absolute Gasteiger partial charge is 0.265 e. The molecule has 1 aliphatic heterocycles. The third-order valence-corrected chi connectivity index (χ3v) is 2.09. The SMILES string of the molecule is O=C(Cn1cccn1)NOC1CCOC1. The number of carbonyl (C=O) groups excluding carboxylic acids is 1. The van der Waals surface area contributed by atoms with Gasteiger partial charge in [-0.2, -0.15) is 5.10 Å². The van der Waals surface area contributed by atoms with Gasteiger partial charge < -0.3 is 4.74 Å². The lowest BCUT2D eigenvalue weighted by Gasteiger charge is -2.09. The molecule has 1 atom stereocenters. The summed E-state index contributed by atoms with van der Waals surface area (Å²) in [5.41, 5.74) is 2.38. The number of carbonyl (C=O) groups is 1. The van der Waals surface area contributed by atoms with Gasteiger partial charge in [-0.1, -0.05) is 0 Å². The zero-order valence-electron chi connectivity index (χ0n) is 8.26. The van der Waals surface area contributed by atoms with E-state index in [9.17, 15) is 4.79 Å². The first kappa shape index (κ1) is 10.1. The number of rotatable bonds is 4. The first-order chi connectivity index (χ1) is 7.34. The normalized spacial score (nSPS) is 20.4. The van der Waals surface area contributed by atoms with Crippen molar-refractivity contribution in [2.24, 2.45) is 0 Å². The number of aromatic nitrogens is 2. The van der Waals surface area contributed by atoms with Crippen LogP contribution in [0.3, 0.4) is 0 Å². The summed E-state index contributed by atoms with van der Waals surface area (Å²) in [5, 5.41) is 3.91. The van der Waals surface area contributed by atoms with E-state index in [1.807, 2.05) is 0 Å². The number of amides is 1. The number of hydroxylamine groups is 1. The Labute approximate surface area is 87.1 Å². The Hall–Kier alpha value is -1.40. The Morgan fingerprint density at radius 3 is 3.33 bits per heavy atom. The summed E-state index contributed by atoms with van der Waals surface area (Å²) in [6, 6.07) is 1.76. The van der Waals surface area contributed by atoms with Crippen LogP contribution in [0.2, 0.25) is 0 Å². The quantitative estimate of drug-likeness (QED) is 0.696. The van der Waals surface area contributed by atoms with E-state index in [2.05, 4.69) is 10.6 Å². The Balaban J connectivity index is 1.68. The second kappa shape index (κ2) is 4.90. The van der Waals surface area contributed by atoms with Crippen molar-refractivity contribution in [3.8, 4) is 0 Å². The van der Waals surface area contributed by atoms with Gasteiger partial charge >= 0.3 is 0 Å². The summed E-state index contributed by atoms with van der Waals surface area (Å²) in [7, 11) is 0. The van der Waals surface area contributed by atoms with Gasteiger partial charge in [0.2, 0.25) is 0 Å². The topological polar surface area (TPSA) is 65.4 Å². The highest BCUT2D eigenvalue weighted by Gasteiger charge is 2.17. The highest BCUT2D eigenvalue weighted by molar-refractivity contribution is 5.74. The van der Waals surface area contributed by atoms with E-state index < -0.39 is 0 Å². The summed E-state index contributed by atoms with van der Waals surface area (Å²) in [4.78, 5) is 16.5. The standard InChI is InChI=1S/C9H13N3O3/c13-9(6-12-4-1-3-10-12)11-15-8-2-5-14-7-8/h1,3-4,8H,2,5-7H2,(H,11,13). The molecule has 0 radical (unpaired) electrons. The van der Waals surface area contributed by atoms with Crippen LogP contribution in [0, 0.1) is 0 Å². The van der Waals surface area contributed by atoms with Crippen LogP contribution in [0.15, 0.2) is 18.5 Å². The Bertz CT molecular complexity index is 306. The fraction of sp³-hybridized carbons (Fsp3) is 0.556. The molecule has 0 saturated carbocycles. The highest BCUT2D eigenvalue weighted by Crippen LogP contribution is 2.05. The van der Waals surface area contributed by atoms with Crippen LogP contribution in [-0.2, 0) is 20.9 Å². The minimum atomic E-state index is -0.217. The maximum Gasteiger partial charge on any atom is 0.265 e. The first-order valence-electron chi connectivity index (χ1n) is 4.84. The molecule has 15 heavy (non-hydrogen) atoms. The molecule has 1 unspecified atom stereocenters. The maximum absolute atomic E-state index is 11.3. The lowest BCUT2D eigenvalue weighted by molar-refractivity contribution is -0.139. The van der Waals surface area contributed by atoms with Gasteiger partial charge in [-0.15, -0.1) is 0 Å². The van der Waals surface area contributed by atoms with E-state index in [0.29, 0.717) is 13.2 Å². The summed E-state index contributed by atoms with van der Waals surface area (Å²) in [6.45, 7) is 1.41. The molecule has 1 aromatic heterocycles. The van der Waals surface area contributed by atoms with Gasteiger partial charge in [0, 0.05) is 25.4 Å². The fourth-order valence-electron chi connectivity index (χ4n) is 1.33. The molecule has 1 fully saturated rings. The minimum Gasteiger partial charge on any atom is -0.379 e. The third-order valence-electron chi connectivity index (χ3n) is 2.09. The lowest BCUT2D eigenvalue weighted by Crippen LogP contribution is -2.32. The Kier molecular flexibility index (Phi) is 3.31. The summed E-state index contributed by atoms with van der Waals surface area (Å²) >= 11 is 0. The van der Waals surface area contributed by atoms with Crippen LogP contribution in [-0.4, -0.2) is 35.0 Å². The molecule has 6 heteroatoms. The van der Waals surface area contributed by atoms with Crippen LogP contribution < -0.4 is 5.48 Å². The van der Waals surface area contributed by atoms with Crippen LogP contribution in [0.1, 0.15) is 6.42 Å². The van der Waals surface area contributed by atoms with E-state index in [1.165, 1.54) is 4.68 Å². The molecule has 1 N–H and O–H groups in total.